The minimum Gasteiger partial charge on any atom is -0.490 e. The summed E-state index contributed by atoms with van der Waals surface area (Å²) in [4.78, 5) is 0. The van der Waals surface area contributed by atoms with E-state index in [-0.39, 0.29) is 0 Å². The highest BCUT2D eigenvalue weighted by atomic mass is 35.5. The molecular formula is C20H25Cl2NO2. The minimum atomic E-state index is 0.404. The smallest absolute Gasteiger partial charge is 0.180 e. The molecule has 0 saturated carbocycles. The Morgan fingerprint density at radius 2 is 1.72 bits per heavy atom. The van der Waals surface area contributed by atoms with Gasteiger partial charge in [-0.15, -0.1) is 0 Å². The zero-order valence-corrected chi connectivity index (χ0v) is 16.5. The summed E-state index contributed by atoms with van der Waals surface area (Å²) in [6, 6.07) is 11.9. The van der Waals surface area contributed by atoms with E-state index >= 15 is 0 Å². The highest BCUT2D eigenvalue weighted by Gasteiger charge is 2.13. The lowest BCUT2D eigenvalue weighted by Gasteiger charge is -2.17. The maximum absolute atomic E-state index is 6.46. The van der Waals surface area contributed by atoms with Gasteiger partial charge in [0.25, 0.3) is 0 Å². The fourth-order valence-corrected chi connectivity index (χ4v) is 2.71. The molecule has 0 amide bonds. The Morgan fingerprint density at radius 1 is 1.00 bits per heavy atom. The molecule has 0 heterocycles. The second-order valence-electron chi connectivity index (χ2n) is 5.94. The molecule has 5 heteroatoms. The molecule has 0 bridgehead atoms. The Kier molecular flexibility index (Phi) is 7.89. The van der Waals surface area contributed by atoms with Crippen LogP contribution in [0.4, 0.5) is 0 Å². The maximum atomic E-state index is 6.46. The molecule has 0 aliphatic carbocycles. The number of benzene rings is 2. The number of rotatable bonds is 9. The standard InChI is InChI=1S/C20H25Cl2NO2/c1-4-14(3)23-12-16-10-18(22)20(19(11-16)24-5-2)25-13-15-6-8-17(21)9-7-15/h6-11,14,23H,4-5,12-13H2,1-3H3. The van der Waals surface area contributed by atoms with E-state index in [2.05, 4.69) is 19.2 Å². The molecule has 0 aliphatic heterocycles. The van der Waals surface area contributed by atoms with Crippen LogP contribution in [0.5, 0.6) is 11.5 Å². The van der Waals surface area contributed by atoms with Crippen LogP contribution in [0.1, 0.15) is 38.3 Å². The van der Waals surface area contributed by atoms with Crippen LogP contribution < -0.4 is 14.8 Å². The van der Waals surface area contributed by atoms with E-state index in [0.29, 0.717) is 40.8 Å². The number of hydrogen-bond acceptors (Lipinski definition) is 3. The average molecular weight is 382 g/mol. The van der Waals surface area contributed by atoms with E-state index in [4.69, 9.17) is 32.7 Å². The summed E-state index contributed by atoms with van der Waals surface area (Å²) in [5.41, 5.74) is 2.10. The average Bonchev–Trinajstić information content (AvgIpc) is 2.60. The van der Waals surface area contributed by atoms with Crippen molar-refractivity contribution in [2.45, 2.75) is 46.4 Å². The molecule has 1 atom stereocenters. The van der Waals surface area contributed by atoms with Crippen LogP contribution in [0.15, 0.2) is 36.4 Å². The van der Waals surface area contributed by atoms with Crippen molar-refractivity contribution < 1.29 is 9.47 Å². The highest BCUT2D eigenvalue weighted by Crippen LogP contribution is 2.37. The zero-order chi connectivity index (χ0) is 18.2. The van der Waals surface area contributed by atoms with Gasteiger partial charge in [-0.1, -0.05) is 42.3 Å². The molecule has 0 aromatic heterocycles. The van der Waals surface area contributed by atoms with Crippen LogP contribution >= 0.6 is 23.2 Å². The van der Waals surface area contributed by atoms with Gasteiger partial charge in [0, 0.05) is 17.6 Å². The summed E-state index contributed by atoms with van der Waals surface area (Å²) in [7, 11) is 0. The molecule has 136 valence electrons. The Labute approximate surface area is 160 Å². The van der Waals surface area contributed by atoms with E-state index in [1.807, 2.05) is 43.3 Å². The van der Waals surface area contributed by atoms with Gasteiger partial charge < -0.3 is 14.8 Å². The summed E-state index contributed by atoms with van der Waals surface area (Å²) < 4.78 is 11.7. The van der Waals surface area contributed by atoms with Crippen LogP contribution in [0.25, 0.3) is 0 Å². The van der Waals surface area contributed by atoms with Gasteiger partial charge in [-0.3, -0.25) is 0 Å². The first-order chi connectivity index (χ1) is 12.0. The Balaban J connectivity index is 2.13. The van der Waals surface area contributed by atoms with Crippen molar-refractivity contribution >= 4 is 23.2 Å². The Bertz CT molecular complexity index is 674. The Morgan fingerprint density at radius 3 is 2.36 bits per heavy atom. The largest absolute Gasteiger partial charge is 0.490 e. The third-order valence-corrected chi connectivity index (χ3v) is 4.47. The van der Waals surface area contributed by atoms with Gasteiger partial charge in [0.1, 0.15) is 6.61 Å². The van der Waals surface area contributed by atoms with Gasteiger partial charge in [-0.05, 0) is 55.7 Å². The number of ether oxygens (including phenoxy) is 2. The first kappa shape index (κ1) is 19.9. The molecule has 25 heavy (non-hydrogen) atoms. The summed E-state index contributed by atoms with van der Waals surface area (Å²) in [6.07, 6.45) is 1.08. The lowest BCUT2D eigenvalue weighted by molar-refractivity contribution is 0.269. The second kappa shape index (κ2) is 9.91. The van der Waals surface area contributed by atoms with E-state index < -0.39 is 0 Å². The van der Waals surface area contributed by atoms with Crippen molar-refractivity contribution in [1.82, 2.24) is 5.32 Å². The van der Waals surface area contributed by atoms with Crippen molar-refractivity contribution in [3.05, 3.63) is 57.6 Å². The Hall–Kier alpha value is -1.42. The monoisotopic (exact) mass is 381 g/mol. The molecule has 3 nitrogen and oxygen atoms in total. The molecule has 0 fully saturated rings. The fraction of sp³-hybridized carbons (Fsp3) is 0.400. The molecule has 2 aromatic rings. The molecule has 0 aliphatic rings. The predicted molar refractivity (Wildman–Crippen MR) is 105 cm³/mol. The van der Waals surface area contributed by atoms with Crippen molar-refractivity contribution in [3.63, 3.8) is 0 Å². The molecule has 0 saturated heterocycles. The lowest BCUT2D eigenvalue weighted by Crippen LogP contribution is -2.24. The van der Waals surface area contributed by atoms with Gasteiger partial charge in [0.15, 0.2) is 11.5 Å². The third-order valence-electron chi connectivity index (χ3n) is 3.93. The molecule has 1 N–H and O–H groups in total. The van der Waals surface area contributed by atoms with E-state index in [9.17, 15) is 0 Å². The molecule has 1 unspecified atom stereocenters. The fourth-order valence-electron chi connectivity index (χ4n) is 2.30. The van der Waals surface area contributed by atoms with Crippen LogP contribution in [-0.4, -0.2) is 12.6 Å². The minimum absolute atomic E-state index is 0.404. The van der Waals surface area contributed by atoms with E-state index in [1.165, 1.54) is 0 Å². The van der Waals surface area contributed by atoms with Crippen molar-refractivity contribution in [3.8, 4) is 11.5 Å². The topological polar surface area (TPSA) is 30.5 Å². The molecule has 2 aromatic carbocycles. The molecule has 2 rings (SSSR count). The van der Waals surface area contributed by atoms with Crippen molar-refractivity contribution in [1.29, 1.82) is 0 Å². The van der Waals surface area contributed by atoms with Crippen molar-refractivity contribution in [2.24, 2.45) is 0 Å². The summed E-state index contributed by atoms with van der Waals surface area (Å²) in [5.74, 6) is 1.25. The van der Waals surface area contributed by atoms with Gasteiger partial charge in [-0.25, -0.2) is 0 Å². The maximum Gasteiger partial charge on any atom is 0.180 e. The summed E-state index contributed by atoms with van der Waals surface area (Å²) in [5, 5.41) is 4.72. The van der Waals surface area contributed by atoms with E-state index in [1.54, 1.807) is 0 Å². The van der Waals surface area contributed by atoms with Gasteiger partial charge in [-0.2, -0.15) is 0 Å². The van der Waals surface area contributed by atoms with Crippen LogP contribution in [0.2, 0.25) is 10.0 Å². The van der Waals surface area contributed by atoms with Gasteiger partial charge in [0.05, 0.1) is 11.6 Å². The van der Waals surface area contributed by atoms with Gasteiger partial charge >= 0.3 is 0 Å². The quantitative estimate of drug-likeness (QED) is 0.589. The normalized spacial score (nSPS) is 12.0. The first-order valence-electron chi connectivity index (χ1n) is 8.59. The molecule has 0 radical (unpaired) electrons. The summed E-state index contributed by atoms with van der Waals surface area (Å²) in [6.45, 7) is 7.96. The third kappa shape index (κ3) is 6.10. The van der Waals surface area contributed by atoms with Crippen LogP contribution in [0.3, 0.4) is 0 Å². The van der Waals surface area contributed by atoms with Gasteiger partial charge in [0.2, 0.25) is 0 Å². The molecular weight excluding hydrogens is 357 g/mol. The first-order valence-corrected chi connectivity index (χ1v) is 9.34. The van der Waals surface area contributed by atoms with Crippen LogP contribution in [0, 0.1) is 0 Å². The zero-order valence-electron chi connectivity index (χ0n) is 14.9. The summed E-state index contributed by atoms with van der Waals surface area (Å²) >= 11 is 12.4. The number of nitrogens with one attached hydrogen (secondary N) is 1. The second-order valence-corrected chi connectivity index (χ2v) is 6.79. The highest BCUT2D eigenvalue weighted by molar-refractivity contribution is 6.32. The predicted octanol–water partition coefficient (Wildman–Crippen LogP) is 5.86. The number of hydrogen-bond donors (Lipinski definition) is 1. The number of halogens is 2. The lowest BCUT2D eigenvalue weighted by atomic mass is 10.1. The van der Waals surface area contributed by atoms with E-state index in [0.717, 1.165) is 24.1 Å². The SMILES string of the molecule is CCOc1cc(CNC(C)CC)cc(Cl)c1OCc1ccc(Cl)cc1. The van der Waals surface area contributed by atoms with Crippen molar-refractivity contribution in [2.75, 3.05) is 6.61 Å². The molecule has 0 spiro atoms. The van der Waals surface area contributed by atoms with Crippen LogP contribution in [-0.2, 0) is 13.2 Å².